The van der Waals surface area contributed by atoms with E-state index in [0.29, 0.717) is 30.4 Å². The first-order chi connectivity index (χ1) is 14.2. The Kier molecular flexibility index (Phi) is 6.19. The van der Waals surface area contributed by atoms with Gasteiger partial charge in [0, 0.05) is 25.2 Å². The van der Waals surface area contributed by atoms with Crippen molar-refractivity contribution in [3.8, 4) is 0 Å². The highest BCUT2D eigenvalue weighted by atomic mass is 16.6. The Morgan fingerprint density at radius 1 is 1.06 bits per heavy atom. The predicted molar refractivity (Wildman–Crippen MR) is 114 cm³/mol. The smallest absolute Gasteiger partial charge is 0.303 e. The molecule has 0 heterocycles. The number of esters is 2. The largest absolute Gasteiger partial charge is 0.458 e. The number of aliphatic hydroxyl groups is 3. The maximum Gasteiger partial charge on any atom is 0.303 e. The minimum absolute atomic E-state index is 0.368. The molecule has 7 nitrogen and oxygen atoms in total. The van der Waals surface area contributed by atoms with Crippen LogP contribution < -0.4 is 0 Å². The average molecular weight is 437 g/mol. The topological polar surface area (TPSA) is 113 Å². The SMILES string of the molecule is C=C1[C@@H](O)CC[C@@]2(C)[C@@H](O)[C@H](OC(C)=O)C3=C(C)[C@@H](OC(C)=O)C[C@H]([C@@H](O)[C@H]12)C3(C)C. The quantitative estimate of drug-likeness (QED) is 0.450. The first kappa shape index (κ1) is 24.0. The van der Waals surface area contributed by atoms with Crippen LogP contribution >= 0.6 is 0 Å². The molecule has 0 spiro atoms. The maximum absolute atomic E-state index is 12.1. The molecule has 174 valence electrons. The lowest BCUT2D eigenvalue weighted by Crippen LogP contribution is -2.62. The lowest BCUT2D eigenvalue weighted by Gasteiger charge is -2.59. The van der Waals surface area contributed by atoms with E-state index in [-0.39, 0.29) is 5.92 Å². The minimum atomic E-state index is -1.14. The van der Waals surface area contributed by atoms with Crippen molar-refractivity contribution in [2.45, 2.75) is 91.3 Å². The van der Waals surface area contributed by atoms with Crippen LogP contribution in [0.2, 0.25) is 0 Å². The molecule has 3 rings (SSSR count). The molecule has 0 saturated heterocycles. The Morgan fingerprint density at radius 3 is 2.19 bits per heavy atom. The summed E-state index contributed by atoms with van der Waals surface area (Å²) in [5, 5.41) is 33.9. The molecular weight excluding hydrogens is 400 g/mol. The van der Waals surface area contributed by atoms with Crippen molar-refractivity contribution in [2.75, 3.05) is 0 Å². The molecule has 3 aliphatic carbocycles. The molecule has 2 fully saturated rings. The number of fused-ring (bicyclic) bond motifs is 3. The van der Waals surface area contributed by atoms with Gasteiger partial charge in [-0.1, -0.05) is 27.4 Å². The van der Waals surface area contributed by atoms with E-state index in [1.165, 1.54) is 13.8 Å². The van der Waals surface area contributed by atoms with Crippen LogP contribution in [0.4, 0.5) is 0 Å². The van der Waals surface area contributed by atoms with Crippen LogP contribution in [-0.2, 0) is 19.1 Å². The van der Waals surface area contributed by atoms with E-state index < -0.39 is 59.2 Å². The first-order valence-corrected chi connectivity index (χ1v) is 11.0. The first-order valence-electron chi connectivity index (χ1n) is 11.0. The highest BCUT2D eigenvalue weighted by Gasteiger charge is 2.61. The zero-order valence-electron chi connectivity index (χ0n) is 19.3. The van der Waals surface area contributed by atoms with E-state index >= 15 is 0 Å². The minimum Gasteiger partial charge on any atom is -0.458 e. The molecule has 2 bridgehead atoms. The Morgan fingerprint density at radius 2 is 1.65 bits per heavy atom. The zero-order valence-corrected chi connectivity index (χ0v) is 19.3. The van der Waals surface area contributed by atoms with Crippen molar-refractivity contribution >= 4 is 11.9 Å². The van der Waals surface area contributed by atoms with E-state index in [9.17, 15) is 24.9 Å². The molecule has 0 aliphatic heterocycles. The van der Waals surface area contributed by atoms with Gasteiger partial charge in [0.15, 0.2) is 6.10 Å². The van der Waals surface area contributed by atoms with Gasteiger partial charge < -0.3 is 24.8 Å². The highest BCUT2D eigenvalue weighted by molar-refractivity contribution is 5.67. The summed E-state index contributed by atoms with van der Waals surface area (Å²) in [5.41, 5.74) is 0.394. The molecule has 2 saturated carbocycles. The van der Waals surface area contributed by atoms with Crippen molar-refractivity contribution in [3.63, 3.8) is 0 Å². The van der Waals surface area contributed by atoms with E-state index in [4.69, 9.17) is 9.47 Å². The zero-order chi connectivity index (χ0) is 23.5. The average Bonchev–Trinajstić information content (AvgIpc) is 2.64. The van der Waals surface area contributed by atoms with E-state index in [2.05, 4.69) is 6.58 Å². The van der Waals surface area contributed by atoms with Gasteiger partial charge in [0.25, 0.3) is 0 Å². The van der Waals surface area contributed by atoms with Gasteiger partial charge in [0.05, 0.1) is 12.2 Å². The lowest BCUT2D eigenvalue weighted by atomic mass is 9.49. The van der Waals surface area contributed by atoms with E-state index in [0.717, 1.165) is 5.57 Å². The Bertz CT molecular complexity index is 813. The second-order valence-corrected chi connectivity index (χ2v) is 10.3. The van der Waals surface area contributed by atoms with Crippen LogP contribution in [0.3, 0.4) is 0 Å². The molecule has 3 aliphatic rings. The summed E-state index contributed by atoms with van der Waals surface area (Å²) < 4.78 is 11.3. The molecule has 3 N–H and O–H groups in total. The molecule has 31 heavy (non-hydrogen) atoms. The summed E-state index contributed by atoms with van der Waals surface area (Å²) in [6.07, 6.45) is -3.17. The Balaban J connectivity index is 2.28. The fourth-order valence-corrected chi connectivity index (χ4v) is 6.48. The number of carbonyl (C=O) groups is 2. The second kappa shape index (κ2) is 8.01. The molecule has 0 amide bonds. The molecule has 7 heteroatoms. The van der Waals surface area contributed by atoms with Crippen LogP contribution in [0, 0.1) is 22.7 Å². The van der Waals surface area contributed by atoms with Crippen molar-refractivity contribution < 1.29 is 34.4 Å². The van der Waals surface area contributed by atoms with Crippen LogP contribution in [-0.4, -0.2) is 57.8 Å². The normalized spacial score (nSPS) is 42.2. The Hall–Kier alpha value is -1.70. The number of ether oxygens (including phenoxy) is 2. The molecule has 0 radical (unpaired) electrons. The van der Waals surface area contributed by atoms with E-state index in [1.54, 1.807) is 0 Å². The highest BCUT2D eigenvalue weighted by Crippen LogP contribution is 2.59. The summed E-state index contributed by atoms with van der Waals surface area (Å²) in [6.45, 7) is 14.3. The predicted octanol–water partition coefficient (Wildman–Crippen LogP) is 2.28. The number of hydrogen-bond acceptors (Lipinski definition) is 7. The maximum atomic E-state index is 12.1. The van der Waals surface area contributed by atoms with Gasteiger partial charge in [-0.2, -0.15) is 0 Å². The van der Waals surface area contributed by atoms with Crippen molar-refractivity contribution in [1.82, 2.24) is 0 Å². The number of carbonyl (C=O) groups excluding carboxylic acids is 2. The van der Waals surface area contributed by atoms with Crippen LogP contribution in [0.15, 0.2) is 23.3 Å². The van der Waals surface area contributed by atoms with Crippen molar-refractivity contribution in [2.24, 2.45) is 22.7 Å². The van der Waals surface area contributed by atoms with Gasteiger partial charge in [-0.05, 0) is 54.2 Å². The van der Waals surface area contributed by atoms with E-state index in [1.807, 2.05) is 27.7 Å². The summed E-state index contributed by atoms with van der Waals surface area (Å²) in [7, 11) is 0. The number of rotatable bonds is 2. The molecule has 0 aromatic heterocycles. The molecule has 0 aromatic rings. The standard InChI is InChI=1S/C24H36O7/c1-11-16(27)8-9-24(7)18(11)20(28)15-10-17(30-13(3)25)12(2)19(23(15,5)6)21(22(24)29)31-14(4)26/h15-18,20-22,27-29H,1,8-10H2,2-7H3/t15-,16+,17+,18+,20-,21-,22+,24-/m1/s1. The lowest BCUT2D eigenvalue weighted by molar-refractivity contribution is -0.180. The number of aliphatic hydroxyl groups excluding tert-OH is 3. The third-order valence-corrected chi connectivity index (χ3v) is 8.09. The van der Waals surface area contributed by atoms with Gasteiger partial charge >= 0.3 is 11.9 Å². The van der Waals surface area contributed by atoms with Gasteiger partial charge in [-0.3, -0.25) is 9.59 Å². The summed E-state index contributed by atoms with van der Waals surface area (Å²) in [5.74, 6) is -1.94. The van der Waals surface area contributed by atoms with Gasteiger partial charge in [-0.15, -0.1) is 0 Å². The monoisotopic (exact) mass is 436 g/mol. The molecule has 0 unspecified atom stereocenters. The fourth-order valence-electron chi connectivity index (χ4n) is 6.48. The third kappa shape index (κ3) is 3.74. The molecule has 8 atom stereocenters. The van der Waals surface area contributed by atoms with Crippen molar-refractivity contribution in [3.05, 3.63) is 23.3 Å². The summed E-state index contributed by atoms with van der Waals surface area (Å²) in [4.78, 5) is 23.9. The Labute approximate surface area is 184 Å². The van der Waals surface area contributed by atoms with Gasteiger partial charge in [0.2, 0.25) is 0 Å². The van der Waals surface area contributed by atoms with Crippen molar-refractivity contribution in [1.29, 1.82) is 0 Å². The second-order valence-electron chi connectivity index (χ2n) is 10.3. The van der Waals surface area contributed by atoms with Crippen LogP contribution in [0.25, 0.3) is 0 Å². The molecule has 0 aromatic carbocycles. The fraction of sp³-hybridized carbons (Fsp3) is 0.750. The van der Waals surface area contributed by atoms with Crippen LogP contribution in [0.1, 0.15) is 60.8 Å². The number of hydrogen-bond donors (Lipinski definition) is 3. The summed E-state index contributed by atoms with van der Waals surface area (Å²) in [6, 6.07) is 0. The third-order valence-electron chi connectivity index (χ3n) is 8.09. The molecular formula is C24H36O7. The van der Waals surface area contributed by atoms with Gasteiger partial charge in [0.1, 0.15) is 12.2 Å². The van der Waals surface area contributed by atoms with Crippen LogP contribution in [0.5, 0.6) is 0 Å². The van der Waals surface area contributed by atoms with Gasteiger partial charge in [-0.25, -0.2) is 0 Å². The summed E-state index contributed by atoms with van der Waals surface area (Å²) >= 11 is 0.